The van der Waals surface area contributed by atoms with Gasteiger partial charge in [0.15, 0.2) is 5.76 Å². The largest absolute Gasteiger partial charge is 0.480 e. The number of benzene rings is 1. The lowest BCUT2D eigenvalue weighted by Crippen LogP contribution is -2.40. The molecule has 2 aromatic rings. The molecule has 1 aliphatic heterocycles. The van der Waals surface area contributed by atoms with E-state index in [1.165, 1.54) is 0 Å². The molecular weight excluding hydrogens is 262 g/mol. The van der Waals surface area contributed by atoms with E-state index < -0.39 is 24.0 Å². The van der Waals surface area contributed by atoms with Crippen LogP contribution in [0.25, 0.3) is 11.0 Å². The maximum Gasteiger partial charge on any atom is 0.326 e. The van der Waals surface area contributed by atoms with E-state index >= 15 is 0 Å². The van der Waals surface area contributed by atoms with Crippen molar-refractivity contribution in [3.05, 3.63) is 36.1 Å². The van der Waals surface area contributed by atoms with Crippen LogP contribution in [-0.2, 0) is 4.79 Å². The zero-order valence-corrected chi connectivity index (χ0v) is 10.5. The summed E-state index contributed by atoms with van der Waals surface area (Å²) in [5.41, 5.74) is 0.572. The molecule has 0 radical (unpaired) electrons. The van der Waals surface area contributed by atoms with Crippen LogP contribution in [0.1, 0.15) is 17.0 Å². The van der Waals surface area contributed by atoms with Gasteiger partial charge in [0.25, 0.3) is 5.91 Å². The highest BCUT2D eigenvalue weighted by Gasteiger charge is 2.40. The molecule has 0 bridgehead atoms. The third kappa shape index (κ3) is 2.04. The van der Waals surface area contributed by atoms with Crippen LogP contribution >= 0.6 is 0 Å². The standard InChI is InChI=1S/C14H13NO5/c16-9-6-10(14(18)19)15(7-9)13(17)12-5-8-3-1-2-4-11(8)20-12/h1-5,9-10,16H,6-7H2,(H,18,19)/t9?,10-/m0/s1. The number of hydrogen-bond donors (Lipinski definition) is 2. The highest BCUT2D eigenvalue weighted by Crippen LogP contribution is 2.24. The molecule has 2 atom stereocenters. The van der Waals surface area contributed by atoms with Crippen molar-refractivity contribution in [3.63, 3.8) is 0 Å². The second-order valence-corrected chi connectivity index (χ2v) is 4.85. The SMILES string of the molecule is O=C(O)[C@@H]1CC(O)CN1C(=O)c1cc2ccccc2o1. The summed E-state index contributed by atoms with van der Waals surface area (Å²) in [7, 11) is 0. The van der Waals surface area contributed by atoms with Crippen molar-refractivity contribution in [3.8, 4) is 0 Å². The number of carboxylic acids is 1. The molecule has 1 aromatic carbocycles. The fourth-order valence-corrected chi connectivity index (χ4v) is 2.50. The highest BCUT2D eigenvalue weighted by molar-refractivity contribution is 5.98. The summed E-state index contributed by atoms with van der Waals surface area (Å²) in [6, 6.07) is 7.74. The number of aliphatic hydroxyl groups is 1. The number of nitrogens with zero attached hydrogens (tertiary/aromatic N) is 1. The smallest absolute Gasteiger partial charge is 0.326 e. The third-order valence-electron chi connectivity index (χ3n) is 3.46. The van der Waals surface area contributed by atoms with E-state index in [1.807, 2.05) is 12.1 Å². The number of carbonyl (C=O) groups excluding carboxylic acids is 1. The van der Waals surface area contributed by atoms with Gasteiger partial charge in [0.2, 0.25) is 0 Å². The Bertz CT molecular complexity index is 644. The molecular formula is C14H13NO5. The first-order valence-corrected chi connectivity index (χ1v) is 6.26. The molecule has 3 rings (SSSR count). The minimum absolute atomic E-state index is 0.00679. The van der Waals surface area contributed by atoms with Crippen molar-refractivity contribution in [2.45, 2.75) is 18.6 Å². The van der Waals surface area contributed by atoms with Gasteiger partial charge in [-0.2, -0.15) is 0 Å². The monoisotopic (exact) mass is 275 g/mol. The molecule has 1 fully saturated rings. The lowest BCUT2D eigenvalue weighted by Gasteiger charge is -2.19. The normalized spacial score (nSPS) is 22.4. The Balaban J connectivity index is 1.93. The van der Waals surface area contributed by atoms with Gasteiger partial charge < -0.3 is 19.5 Å². The maximum atomic E-state index is 12.3. The molecule has 6 heteroatoms. The van der Waals surface area contributed by atoms with Gasteiger partial charge in [0.1, 0.15) is 11.6 Å². The van der Waals surface area contributed by atoms with Crippen LogP contribution in [0, 0.1) is 0 Å². The number of hydrogen-bond acceptors (Lipinski definition) is 4. The molecule has 0 aliphatic carbocycles. The predicted molar refractivity (Wildman–Crippen MR) is 69.3 cm³/mol. The fourth-order valence-electron chi connectivity index (χ4n) is 2.50. The Morgan fingerprint density at radius 1 is 1.30 bits per heavy atom. The Morgan fingerprint density at radius 3 is 2.75 bits per heavy atom. The Morgan fingerprint density at radius 2 is 2.05 bits per heavy atom. The molecule has 2 N–H and O–H groups in total. The zero-order valence-electron chi connectivity index (χ0n) is 10.5. The highest BCUT2D eigenvalue weighted by atomic mass is 16.4. The Hall–Kier alpha value is -2.34. The Labute approximate surface area is 114 Å². The number of β-amino-alcohol motifs (C(OH)–C–C–N with tert-alkyl or cyclic N) is 1. The van der Waals surface area contributed by atoms with Crippen molar-refractivity contribution >= 4 is 22.8 Å². The van der Waals surface area contributed by atoms with Crippen LogP contribution in [0.5, 0.6) is 0 Å². The first kappa shape index (κ1) is 12.7. The van der Waals surface area contributed by atoms with Crippen LogP contribution in [0.3, 0.4) is 0 Å². The van der Waals surface area contributed by atoms with Crippen molar-refractivity contribution < 1.29 is 24.2 Å². The van der Waals surface area contributed by atoms with Crippen molar-refractivity contribution in [1.82, 2.24) is 4.90 Å². The van der Waals surface area contributed by atoms with Gasteiger partial charge in [-0.25, -0.2) is 4.79 Å². The number of fused-ring (bicyclic) bond motifs is 1. The quantitative estimate of drug-likeness (QED) is 0.856. The van der Waals surface area contributed by atoms with Gasteiger partial charge in [-0.1, -0.05) is 18.2 Å². The van der Waals surface area contributed by atoms with E-state index in [1.54, 1.807) is 18.2 Å². The van der Waals surface area contributed by atoms with Crippen LogP contribution in [0.2, 0.25) is 0 Å². The summed E-state index contributed by atoms with van der Waals surface area (Å²) in [4.78, 5) is 24.6. The number of rotatable bonds is 2. The first-order valence-electron chi connectivity index (χ1n) is 6.26. The van der Waals surface area contributed by atoms with E-state index in [-0.39, 0.29) is 18.7 Å². The molecule has 0 saturated carbocycles. The topological polar surface area (TPSA) is 91.0 Å². The van der Waals surface area contributed by atoms with Gasteiger partial charge in [0, 0.05) is 18.4 Å². The molecule has 1 saturated heterocycles. The average molecular weight is 275 g/mol. The van der Waals surface area contributed by atoms with E-state index in [4.69, 9.17) is 9.52 Å². The van der Waals surface area contributed by atoms with Gasteiger partial charge in [-0.3, -0.25) is 4.79 Å². The van der Waals surface area contributed by atoms with Crippen molar-refractivity contribution in [2.75, 3.05) is 6.54 Å². The lowest BCUT2D eigenvalue weighted by atomic mass is 10.2. The number of para-hydroxylation sites is 1. The molecule has 2 heterocycles. The second kappa shape index (κ2) is 4.64. The number of aliphatic hydroxyl groups excluding tert-OH is 1. The number of aliphatic carboxylic acids is 1. The first-order chi connectivity index (χ1) is 9.56. The molecule has 6 nitrogen and oxygen atoms in total. The molecule has 1 aliphatic rings. The minimum atomic E-state index is -1.12. The number of likely N-dealkylation sites (tertiary alicyclic amines) is 1. The maximum absolute atomic E-state index is 12.3. The fraction of sp³-hybridized carbons (Fsp3) is 0.286. The van der Waals surface area contributed by atoms with E-state index in [2.05, 4.69) is 0 Å². The lowest BCUT2D eigenvalue weighted by molar-refractivity contribution is -0.141. The summed E-state index contributed by atoms with van der Waals surface area (Å²) in [6.07, 6.45) is -0.772. The molecule has 0 spiro atoms. The van der Waals surface area contributed by atoms with E-state index in [9.17, 15) is 14.7 Å². The summed E-state index contributed by atoms with van der Waals surface area (Å²) in [5, 5.41) is 19.4. The number of furan rings is 1. The van der Waals surface area contributed by atoms with Crippen LogP contribution in [0.15, 0.2) is 34.7 Å². The van der Waals surface area contributed by atoms with E-state index in [0.717, 1.165) is 10.3 Å². The Kier molecular flexibility index (Phi) is 2.94. The predicted octanol–water partition coefficient (Wildman–Crippen LogP) is 1.09. The van der Waals surface area contributed by atoms with Gasteiger partial charge in [-0.15, -0.1) is 0 Å². The van der Waals surface area contributed by atoms with Crippen LogP contribution in [-0.4, -0.2) is 45.7 Å². The molecule has 1 amide bonds. The summed E-state index contributed by atoms with van der Waals surface area (Å²) < 4.78 is 5.44. The molecule has 20 heavy (non-hydrogen) atoms. The van der Waals surface area contributed by atoms with Crippen LogP contribution in [0.4, 0.5) is 0 Å². The molecule has 1 unspecified atom stereocenters. The molecule has 104 valence electrons. The number of amides is 1. The second-order valence-electron chi connectivity index (χ2n) is 4.85. The summed E-state index contributed by atoms with van der Waals surface area (Å²) in [5.74, 6) is -1.54. The van der Waals surface area contributed by atoms with Crippen molar-refractivity contribution in [2.24, 2.45) is 0 Å². The van der Waals surface area contributed by atoms with Crippen LogP contribution < -0.4 is 0 Å². The third-order valence-corrected chi connectivity index (χ3v) is 3.46. The number of carbonyl (C=O) groups is 2. The van der Waals surface area contributed by atoms with Gasteiger partial charge in [-0.05, 0) is 12.1 Å². The zero-order chi connectivity index (χ0) is 14.3. The average Bonchev–Trinajstić information content (AvgIpc) is 3.01. The van der Waals surface area contributed by atoms with Gasteiger partial charge in [0.05, 0.1) is 6.10 Å². The number of carboxylic acid groups (broad SMARTS) is 1. The summed E-state index contributed by atoms with van der Waals surface area (Å²) in [6.45, 7) is 0.00679. The minimum Gasteiger partial charge on any atom is -0.480 e. The molecule has 1 aromatic heterocycles. The van der Waals surface area contributed by atoms with E-state index in [0.29, 0.717) is 5.58 Å². The summed E-state index contributed by atoms with van der Waals surface area (Å²) >= 11 is 0. The van der Waals surface area contributed by atoms with Gasteiger partial charge >= 0.3 is 5.97 Å². The van der Waals surface area contributed by atoms with Crippen molar-refractivity contribution in [1.29, 1.82) is 0 Å².